The quantitative estimate of drug-likeness (QED) is 0.330. The van der Waals surface area contributed by atoms with Crippen LogP contribution in [0, 0.1) is 18.7 Å². The maximum absolute atomic E-state index is 13.9. The molecule has 1 aliphatic rings. The van der Waals surface area contributed by atoms with Crippen molar-refractivity contribution < 1.29 is 18.7 Å². The Morgan fingerprint density at radius 1 is 1.18 bits per heavy atom. The lowest BCUT2D eigenvalue weighted by molar-refractivity contribution is 0.0462. The van der Waals surface area contributed by atoms with Gasteiger partial charge in [0.25, 0.3) is 5.91 Å². The van der Waals surface area contributed by atoms with E-state index < -0.39 is 5.91 Å². The summed E-state index contributed by atoms with van der Waals surface area (Å²) in [6, 6.07) is 14.0. The normalized spacial score (nSPS) is 15.3. The van der Waals surface area contributed by atoms with Crippen LogP contribution in [0.4, 0.5) is 10.2 Å². The molecule has 0 bridgehead atoms. The lowest BCUT2D eigenvalue weighted by atomic mass is 9.99. The van der Waals surface area contributed by atoms with Gasteiger partial charge in [-0.25, -0.2) is 14.4 Å². The number of anilines is 1. The molecule has 0 saturated carbocycles. The van der Waals surface area contributed by atoms with Gasteiger partial charge in [0.2, 0.25) is 5.82 Å². The number of rotatable bonds is 9. The topological polar surface area (TPSA) is 115 Å². The number of aryl methyl sites for hydroxylation is 1. The second kappa shape index (κ2) is 11.9. The van der Waals surface area contributed by atoms with Crippen molar-refractivity contribution in [2.75, 3.05) is 25.1 Å². The number of hydrogen-bond donors (Lipinski definition) is 2. The van der Waals surface area contributed by atoms with Crippen molar-refractivity contribution in [3.63, 3.8) is 0 Å². The molecule has 0 spiro atoms. The Hall–Kier alpha value is -4.18. The van der Waals surface area contributed by atoms with Crippen LogP contribution in [0.5, 0.6) is 5.75 Å². The number of carbonyl (C=O) groups is 1. The summed E-state index contributed by atoms with van der Waals surface area (Å²) in [4.78, 5) is 24.2. The van der Waals surface area contributed by atoms with Crippen molar-refractivity contribution in [3.05, 3.63) is 83.5 Å². The zero-order valence-corrected chi connectivity index (χ0v) is 21.1. The lowest BCUT2D eigenvalue weighted by Gasteiger charge is -2.22. The molecule has 1 amide bonds. The number of hydrogen-bond acceptors (Lipinski definition) is 7. The molecule has 3 heterocycles. The first kappa shape index (κ1) is 25.5. The van der Waals surface area contributed by atoms with Gasteiger partial charge in [0.15, 0.2) is 0 Å². The molecule has 0 radical (unpaired) electrons. The molecule has 1 unspecified atom stereocenters. The highest BCUT2D eigenvalue weighted by Crippen LogP contribution is 2.28. The maximum Gasteiger partial charge on any atom is 0.294 e. The number of amides is 1. The smallest absolute Gasteiger partial charge is 0.294 e. The molecule has 2 aromatic carbocycles. The summed E-state index contributed by atoms with van der Waals surface area (Å²) in [5.74, 6) is 1.15. The van der Waals surface area contributed by atoms with E-state index in [0.29, 0.717) is 35.4 Å². The number of carbonyl (C=O) groups excluding carboxylic acids is 1. The molecule has 2 N–H and O–H groups in total. The molecule has 196 valence electrons. The zero-order chi connectivity index (χ0) is 26.3. The van der Waals surface area contributed by atoms with Crippen molar-refractivity contribution >= 4 is 11.7 Å². The van der Waals surface area contributed by atoms with Gasteiger partial charge < -0.3 is 19.8 Å². The van der Waals surface area contributed by atoms with E-state index in [-0.39, 0.29) is 18.1 Å². The molecule has 0 aliphatic carbocycles. The minimum atomic E-state index is -0.512. The average molecular weight is 517 g/mol. The molecular formula is C28H29FN6O3. The van der Waals surface area contributed by atoms with E-state index in [4.69, 9.17) is 9.47 Å². The number of benzene rings is 2. The number of nitrogens with zero attached hydrogens (tertiary/aromatic N) is 4. The summed E-state index contributed by atoms with van der Waals surface area (Å²) in [5.41, 5.74) is 3.01. The molecule has 10 heteroatoms. The Labute approximate surface area is 219 Å². The van der Waals surface area contributed by atoms with Gasteiger partial charge in [-0.2, -0.15) is 0 Å². The second-order valence-corrected chi connectivity index (χ2v) is 9.33. The predicted molar refractivity (Wildman–Crippen MR) is 139 cm³/mol. The highest BCUT2D eigenvalue weighted by atomic mass is 19.1. The van der Waals surface area contributed by atoms with Gasteiger partial charge in [-0.1, -0.05) is 24.3 Å². The third kappa shape index (κ3) is 6.38. The molecule has 1 aliphatic heterocycles. The Morgan fingerprint density at radius 3 is 2.92 bits per heavy atom. The number of aromatic amines is 1. The Kier molecular flexibility index (Phi) is 7.98. The van der Waals surface area contributed by atoms with Crippen LogP contribution in [0.1, 0.15) is 46.8 Å². The van der Waals surface area contributed by atoms with Crippen LogP contribution in [0.15, 0.2) is 54.9 Å². The average Bonchev–Trinajstić information content (AvgIpc) is 3.40. The molecule has 1 fully saturated rings. The molecule has 2 aromatic heterocycles. The largest absolute Gasteiger partial charge is 0.494 e. The number of ether oxygens (including phenoxy) is 2. The lowest BCUT2D eigenvalue weighted by Crippen LogP contribution is -2.19. The van der Waals surface area contributed by atoms with Crippen LogP contribution in [0.3, 0.4) is 0 Å². The van der Waals surface area contributed by atoms with Gasteiger partial charge in [-0.05, 0) is 61.4 Å². The molecule has 5 rings (SSSR count). The van der Waals surface area contributed by atoms with Crippen LogP contribution in [-0.4, -0.2) is 50.9 Å². The van der Waals surface area contributed by atoms with Gasteiger partial charge in [-0.15, -0.1) is 10.2 Å². The fraction of sp³-hybridized carbons (Fsp3) is 0.321. The number of H-pyrrole nitrogens is 1. The first-order chi connectivity index (χ1) is 18.5. The standard InChI is InChI=1S/C28H29FN6O3/c1-18-8-9-21(38-12-10-19-5-4-11-37-16-19)14-22(18)24-15-25(31-17-30-24)33-28(36)27-32-26(34-35-27)13-20-6-2-3-7-23(20)29/h2-3,6-9,14-15,17,19H,4-5,10-13,16H2,1H3,(H,32,34,35)(H,30,31,33,36). The molecular weight excluding hydrogens is 487 g/mol. The summed E-state index contributed by atoms with van der Waals surface area (Å²) < 4.78 is 25.5. The van der Waals surface area contributed by atoms with Crippen molar-refractivity contribution in [3.8, 4) is 17.0 Å². The number of halogens is 1. The predicted octanol–water partition coefficient (Wildman–Crippen LogP) is 4.75. The number of aromatic nitrogens is 5. The van der Waals surface area contributed by atoms with Crippen molar-refractivity contribution in [1.29, 1.82) is 0 Å². The molecule has 1 atom stereocenters. The highest BCUT2D eigenvalue weighted by molar-refractivity contribution is 6.01. The summed E-state index contributed by atoms with van der Waals surface area (Å²) in [5, 5.41) is 10.6. The summed E-state index contributed by atoms with van der Waals surface area (Å²) in [6.45, 7) is 4.27. The van der Waals surface area contributed by atoms with E-state index in [1.807, 2.05) is 25.1 Å². The second-order valence-electron chi connectivity index (χ2n) is 9.33. The third-order valence-electron chi connectivity index (χ3n) is 6.51. The van der Waals surface area contributed by atoms with Crippen LogP contribution in [0.2, 0.25) is 0 Å². The van der Waals surface area contributed by atoms with E-state index in [1.54, 1.807) is 24.3 Å². The third-order valence-corrected chi connectivity index (χ3v) is 6.51. The van der Waals surface area contributed by atoms with E-state index in [9.17, 15) is 9.18 Å². The van der Waals surface area contributed by atoms with Crippen molar-refractivity contribution in [2.24, 2.45) is 5.92 Å². The highest BCUT2D eigenvalue weighted by Gasteiger charge is 2.16. The maximum atomic E-state index is 13.9. The van der Waals surface area contributed by atoms with Crippen LogP contribution < -0.4 is 10.1 Å². The van der Waals surface area contributed by atoms with Gasteiger partial charge >= 0.3 is 0 Å². The van der Waals surface area contributed by atoms with Crippen LogP contribution in [0.25, 0.3) is 11.3 Å². The van der Waals surface area contributed by atoms with E-state index in [2.05, 4.69) is 30.5 Å². The minimum Gasteiger partial charge on any atom is -0.494 e. The SMILES string of the molecule is Cc1ccc(OCCC2CCCOC2)cc1-c1cc(NC(=O)c2nnc(Cc3ccccc3F)[nH]2)ncn1. The van der Waals surface area contributed by atoms with Crippen molar-refractivity contribution in [1.82, 2.24) is 25.1 Å². The van der Waals surface area contributed by atoms with Gasteiger partial charge in [-0.3, -0.25) is 4.79 Å². The van der Waals surface area contributed by atoms with E-state index in [1.165, 1.54) is 18.8 Å². The molecule has 4 aromatic rings. The van der Waals surface area contributed by atoms with Gasteiger partial charge in [0.05, 0.1) is 12.3 Å². The first-order valence-electron chi connectivity index (χ1n) is 12.6. The minimum absolute atomic E-state index is 0.00597. The van der Waals surface area contributed by atoms with Crippen LogP contribution >= 0.6 is 0 Å². The molecule has 38 heavy (non-hydrogen) atoms. The van der Waals surface area contributed by atoms with E-state index in [0.717, 1.165) is 42.9 Å². The van der Waals surface area contributed by atoms with Gasteiger partial charge in [0.1, 0.15) is 29.5 Å². The Bertz CT molecular complexity index is 1400. The van der Waals surface area contributed by atoms with E-state index >= 15 is 0 Å². The number of nitrogens with one attached hydrogen (secondary N) is 2. The zero-order valence-electron chi connectivity index (χ0n) is 21.1. The Morgan fingerprint density at radius 2 is 2.08 bits per heavy atom. The monoisotopic (exact) mass is 516 g/mol. The Balaban J connectivity index is 1.23. The fourth-order valence-electron chi connectivity index (χ4n) is 4.39. The van der Waals surface area contributed by atoms with Crippen LogP contribution in [-0.2, 0) is 11.2 Å². The first-order valence-corrected chi connectivity index (χ1v) is 12.6. The van der Waals surface area contributed by atoms with Gasteiger partial charge in [0, 0.05) is 31.3 Å². The summed E-state index contributed by atoms with van der Waals surface area (Å²) >= 11 is 0. The van der Waals surface area contributed by atoms with Crippen molar-refractivity contribution in [2.45, 2.75) is 32.6 Å². The molecule has 9 nitrogen and oxygen atoms in total. The fourth-order valence-corrected chi connectivity index (χ4v) is 4.39. The summed E-state index contributed by atoms with van der Waals surface area (Å²) in [6.07, 6.45) is 4.83. The molecule has 1 saturated heterocycles. The summed E-state index contributed by atoms with van der Waals surface area (Å²) in [7, 11) is 0.